The predicted octanol–water partition coefficient (Wildman–Crippen LogP) is 8.21. The van der Waals surface area contributed by atoms with Crippen molar-refractivity contribution in [3.63, 3.8) is 0 Å². The fourth-order valence-electron chi connectivity index (χ4n) is 5.42. The molecule has 2 aliphatic heterocycles. The minimum Gasteiger partial charge on any atom is -0.360 e. The lowest BCUT2D eigenvalue weighted by Gasteiger charge is -2.46. The number of hydrogen-bond acceptors (Lipinski definition) is 4. The summed E-state index contributed by atoms with van der Waals surface area (Å²) >= 11 is 1.43. The maximum atomic E-state index is 13.7. The molecule has 5 rings (SSSR count). The second-order valence-electron chi connectivity index (χ2n) is 10.5. The molecule has 1 fully saturated rings. The third-order valence-electron chi connectivity index (χ3n) is 6.86. The van der Waals surface area contributed by atoms with Gasteiger partial charge in [0, 0.05) is 17.3 Å². The Labute approximate surface area is 224 Å². The van der Waals surface area contributed by atoms with Crippen molar-refractivity contribution < 1.29 is 4.79 Å². The number of allylic oxidation sites excluding steroid dienone is 1. The average molecular weight is 508 g/mol. The van der Waals surface area contributed by atoms with E-state index in [1.165, 1.54) is 28.6 Å². The van der Waals surface area contributed by atoms with Crippen molar-refractivity contribution in [1.29, 1.82) is 0 Å². The Morgan fingerprint density at radius 1 is 0.946 bits per heavy atom. The number of anilines is 2. The molecule has 0 spiro atoms. The van der Waals surface area contributed by atoms with Crippen LogP contribution >= 0.6 is 11.8 Å². The molecule has 2 aliphatic rings. The van der Waals surface area contributed by atoms with E-state index < -0.39 is 0 Å². The average Bonchev–Trinajstić information content (AvgIpc) is 3.14. The zero-order valence-electron chi connectivity index (χ0n) is 22.3. The van der Waals surface area contributed by atoms with Crippen molar-refractivity contribution in [3.8, 4) is 0 Å². The van der Waals surface area contributed by atoms with Crippen molar-refractivity contribution in [3.05, 3.63) is 100 Å². The molecule has 3 aromatic rings. The molecule has 1 amide bonds. The number of aryl methyl sites for hydroxylation is 1. The largest absolute Gasteiger partial charge is 0.360 e. The third-order valence-corrected chi connectivity index (χ3v) is 7.83. The number of para-hydroxylation sites is 2. The fourth-order valence-corrected chi connectivity index (χ4v) is 6.41. The molecule has 4 nitrogen and oxygen atoms in total. The van der Waals surface area contributed by atoms with Crippen LogP contribution in [0.15, 0.2) is 88.8 Å². The van der Waals surface area contributed by atoms with Crippen LogP contribution in [0.4, 0.5) is 17.1 Å². The van der Waals surface area contributed by atoms with Gasteiger partial charge in [0.1, 0.15) is 0 Å². The van der Waals surface area contributed by atoms with E-state index in [1.807, 2.05) is 66.7 Å². The zero-order valence-corrected chi connectivity index (χ0v) is 23.1. The van der Waals surface area contributed by atoms with Crippen LogP contribution in [0.5, 0.6) is 0 Å². The maximum absolute atomic E-state index is 13.7. The van der Waals surface area contributed by atoms with E-state index in [-0.39, 0.29) is 11.4 Å². The van der Waals surface area contributed by atoms with Crippen molar-refractivity contribution in [1.82, 2.24) is 0 Å². The maximum Gasteiger partial charge on any atom is 0.271 e. The number of aliphatic imine (C=N–C) groups is 1. The highest BCUT2D eigenvalue weighted by molar-refractivity contribution is 8.19. The quantitative estimate of drug-likeness (QED) is 0.334. The van der Waals surface area contributed by atoms with Crippen LogP contribution in [0.3, 0.4) is 0 Å². The van der Waals surface area contributed by atoms with Crippen LogP contribution in [0.25, 0.3) is 11.6 Å². The van der Waals surface area contributed by atoms with E-state index in [2.05, 4.69) is 64.7 Å². The molecule has 0 radical (unpaired) electrons. The minimum atomic E-state index is -0.0616. The SMILES string of the molecule is CC1=CC(C)(C)N(C(C)C)c2cc(C)c(/C=C3\SC(=Nc4ccccc4)N(c4ccccc4)C3=O)cc21. The van der Waals surface area contributed by atoms with Crippen LogP contribution in [-0.2, 0) is 4.79 Å². The van der Waals surface area contributed by atoms with Crippen molar-refractivity contribution in [2.24, 2.45) is 4.99 Å². The van der Waals surface area contributed by atoms with Gasteiger partial charge in [-0.15, -0.1) is 0 Å². The van der Waals surface area contributed by atoms with Crippen LogP contribution in [0.1, 0.15) is 51.3 Å². The highest BCUT2D eigenvalue weighted by Crippen LogP contribution is 2.43. The molecule has 0 atom stereocenters. The monoisotopic (exact) mass is 507 g/mol. The molecule has 0 bridgehead atoms. The summed E-state index contributed by atoms with van der Waals surface area (Å²) in [6, 6.07) is 24.4. The molecular formula is C32H33N3OS. The number of rotatable bonds is 4. The molecule has 0 aromatic heterocycles. The molecule has 188 valence electrons. The number of amides is 1. The van der Waals surface area contributed by atoms with Gasteiger partial charge in [0.2, 0.25) is 0 Å². The summed E-state index contributed by atoms with van der Waals surface area (Å²) in [5, 5.41) is 0.660. The Bertz CT molecular complexity index is 1440. The van der Waals surface area contributed by atoms with Gasteiger partial charge < -0.3 is 4.90 Å². The van der Waals surface area contributed by atoms with Gasteiger partial charge in [-0.1, -0.05) is 42.5 Å². The number of thioether (sulfide) groups is 1. The molecule has 37 heavy (non-hydrogen) atoms. The number of nitrogens with zero attached hydrogens (tertiary/aromatic N) is 3. The topological polar surface area (TPSA) is 35.9 Å². The summed E-state index contributed by atoms with van der Waals surface area (Å²) in [5.41, 5.74) is 7.51. The van der Waals surface area contributed by atoms with Crippen molar-refractivity contribution in [2.45, 2.75) is 53.1 Å². The van der Waals surface area contributed by atoms with E-state index in [1.54, 1.807) is 4.90 Å². The van der Waals surface area contributed by atoms with E-state index in [9.17, 15) is 4.79 Å². The van der Waals surface area contributed by atoms with E-state index >= 15 is 0 Å². The molecular weight excluding hydrogens is 474 g/mol. The van der Waals surface area contributed by atoms with Crippen LogP contribution < -0.4 is 9.80 Å². The van der Waals surface area contributed by atoms with Gasteiger partial charge in [-0.05, 0) is 112 Å². The van der Waals surface area contributed by atoms with Gasteiger partial charge in [0.25, 0.3) is 5.91 Å². The first-order valence-electron chi connectivity index (χ1n) is 12.7. The number of amidine groups is 1. The molecule has 0 unspecified atom stereocenters. The Morgan fingerprint density at radius 2 is 1.59 bits per heavy atom. The van der Waals surface area contributed by atoms with E-state index in [4.69, 9.17) is 4.99 Å². The summed E-state index contributed by atoms with van der Waals surface area (Å²) in [6.45, 7) is 13.3. The van der Waals surface area contributed by atoms with Crippen LogP contribution in [0, 0.1) is 6.92 Å². The number of carbonyl (C=O) groups excluding carboxylic acids is 1. The smallest absolute Gasteiger partial charge is 0.271 e. The number of hydrogen-bond donors (Lipinski definition) is 0. The summed E-state index contributed by atoms with van der Waals surface area (Å²) in [7, 11) is 0. The number of carbonyl (C=O) groups is 1. The normalized spacial score (nSPS) is 19.1. The molecule has 0 saturated carbocycles. The summed E-state index contributed by atoms with van der Waals surface area (Å²) in [5.74, 6) is -0.0554. The third kappa shape index (κ3) is 4.76. The fraction of sp³-hybridized carbons (Fsp3) is 0.250. The van der Waals surface area contributed by atoms with Gasteiger partial charge in [0.05, 0.1) is 21.8 Å². The van der Waals surface area contributed by atoms with Gasteiger partial charge in [-0.25, -0.2) is 4.99 Å². The Hall–Kier alpha value is -3.57. The summed E-state index contributed by atoms with van der Waals surface area (Å²) < 4.78 is 0. The minimum absolute atomic E-state index is 0.0554. The highest BCUT2D eigenvalue weighted by atomic mass is 32.2. The van der Waals surface area contributed by atoms with Gasteiger partial charge in [-0.3, -0.25) is 9.69 Å². The van der Waals surface area contributed by atoms with E-state index in [0.717, 1.165) is 22.5 Å². The molecule has 3 aromatic carbocycles. The summed E-state index contributed by atoms with van der Waals surface area (Å²) in [6.07, 6.45) is 4.37. The van der Waals surface area contributed by atoms with Crippen molar-refractivity contribution in [2.75, 3.05) is 9.80 Å². The first kappa shape index (κ1) is 25.1. The number of fused-ring (bicyclic) bond motifs is 1. The molecule has 0 aliphatic carbocycles. The lowest BCUT2D eigenvalue weighted by molar-refractivity contribution is -0.113. The Kier molecular flexibility index (Phi) is 6.59. The predicted molar refractivity (Wildman–Crippen MR) is 160 cm³/mol. The Balaban J connectivity index is 1.59. The molecule has 0 N–H and O–H groups in total. The van der Waals surface area contributed by atoms with Crippen LogP contribution in [-0.4, -0.2) is 22.7 Å². The van der Waals surface area contributed by atoms with Gasteiger partial charge in [0.15, 0.2) is 5.17 Å². The lowest BCUT2D eigenvalue weighted by atomic mass is 9.86. The zero-order chi connectivity index (χ0) is 26.3. The molecule has 5 heteroatoms. The molecule has 2 heterocycles. The molecule has 1 saturated heterocycles. The van der Waals surface area contributed by atoms with Gasteiger partial charge in [-0.2, -0.15) is 0 Å². The first-order valence-corrected chi connectivity index (χ1v) is 13.5. The van der Waals surface area contributed by atoms with Crippen LogP contribution in [0.2, 0.25) is 0 Å². The van der Waals surface area contributed by atoms with Crippen molar-refractivity contribution >= 4 is 51.5 Å². The van der Waals surface area contributed by atoms with E-state index in [0.29, 0.717) is 16.1 Å². The second-order valence-corrected chi connectivity index (χ2v) is 11.5. The highest BCUT2D eigenvalue weighted by Gasteiger charge is 2.36. The van der Waals surface area contributed by atoms with Gasteiger partial charge >= 0.3 is 0 Å². The first-order chi connectivity index (χ1) is 17.7. The Morgan fingerprint density at radius 3 is 2.24 bits per heavy atom. The number of benzene rings is 3. The second kappa shape index (κ2) is 9.71. The standard InChI is InChI=1S/C32H33N3OS/c1-21(2)35-28-17-22(3)24(18-27(28)23(4)20-32(35,5)6)19-29-30(36)34(26-15-11-8-12-16-26)31(37-29)33-25-13-9-7-10-14-25/h7-21H,1-6H3/b29-19-,33-31?. The summed E-state index contributed by atoms with van der Waals surface area (Å²) in [4.78, 5) is 23.4. The lowest BCUT2D eigenvalue weighted by Crippen LogP contribution is -2.49.